The molecule has 35 nitrogen and oxygen atoms in total. The van der Waals surface area contributed by atoms with Crippen molar-refractivity contribution in [2.24, 2.45) is 34.6 Å². The summed E-state index contributed by atoms with van der Waals surface area (Å²) in [7, 11) is 3.12. The Labute approximate surface area is 666 Å². The number of carbonyl (C=O) groups is 12. The zero-order valence-electron chi connectivity index (χ0n) is 63.9. The van der Waals surface area contributed by atoms with E-state index in [-0.39, 0.29) is 141 Å². The summed E-state index contributed by atoms with van der Waals surface area (Å²) in [5.41, 5.74) is 30.2. The Morgan fingerprint density at radius 1 is 0.434 bits per heavy atom. The average molecular weight is 1610 g/mol. The molecule has 1 aliphatic heterocycles. The van der Waals surface area contributed by atoms with Gasteiger partial charge in [0.2, 0.25) is 59.1 Å². The molecule has 9 atom stereocenters. The summed E-state index contributed by atoms with van der Waals surface area (Å²) >= 11 is 0. The van der Waals surface area contributed by atoms with Gasteiger partial charge in [-0.1, -0.05) is 125 Å². The van der Waals surface area contributed by atoms with Crippen LogP contribution in [0, 0.1) is 27.6 Å². The van der Waals surface area contributed by atoms with Crippen molar-refractivity contribution in [1.29, 1.82) is 21.6 Å². The third kappa shape index (κ3) is 37.7. The number of hydrogen-bond donors (Lipinski definition) is 23. The van der Waals surface area contributed by atoms with Gasteiger partial charge in [-0.3, -0.25) is 79.2 Å². The minimum atomic E-state index is -1.67. The van der Waals surface area contributed by atoms with E-state index < -0.39 is 156 Å². The molecular formula is C76H113N23O12S2. The quantitative estimate of drug-likeness (QED) is 0.0113. The standard InChI is InChI=1S/C76H113N23O12S2/c1-112-113-39-32-64(103)86-33-11-10-22-55(66(77)105)93-65(104)31-38-87-63(102)30-29-60-72(111)99-61(43-48-18-6-3-7-19-48)62(101)46-92-53(42-47-16-4-2-5-17-47)45-54(100)44-52(41-49-27-28-50-20-8-9-21-51(50)40-49)67(106)94-56(23-12-34-88-73(78)79)68(107)95-57(24-13-35-89-74(80)81)69(108)96-58(25-14-36-90-75(82)83)70(109)97-59(71(110)98-60)26-15-37-91-76(84)85/h2-9,16-21,27-28,40,52-53,55-61,92H,10-15,22-26,29-39,41-46H2,1H3,(H2,77,105)(H,86,103)(H,87,102)(H,93,104)(H,94,106)(H,95,107)(H,96,108)(H,97,109)(H,98,110)(H,99,111)(H4,78,79,88)(H4,80,81,89)(H4,82,83,90)(H4,84,85,91). The van der Waals surface area contributed by atoms with Crippen molar-refractivity contribution in [2.45, 2.75) is 177 Å². The van der Waals surface area contributed by atoms with Crippen molar-refractivity contribution < 1.29 is 57.5 Å². The maximum atomic E-state index is 15.2. The molecule has 28 N–H and O–H groups in total. The molecule has 0 aromatic heterocycles. The highest BCUT2D eigenvalue weighted by molar-refractivity contribution is 8.76. The molecular weight excluding hydrogens is 1490 g/mol. The van der Waals surface area contributed by atoms with Crippen LogP contribution in [-0.4, -0.2) is 201 Å². The second-order valence-electron chi connectivity index (χ2n) is 27.5. The first-order valence-corrected chi connectivity index (χ1v) is 40.6. The number of Topliss-reactive ketones (excluding diaryl/α,β-unsaturated/α-hetero) is 2. The van der Waals surface area contributed by atoms with Gasteiger partial charge in [-0.15, -0.1) is 0 Å². The molecule has 0 bridgehead atoms. The SMILES string of the molecule is CSSCCC(=O)NCCCCC(NC(=O)CCNC(=O)CCC1NC(=O)C(CCCNC(=N)N)NC(=O)C(CCCNC(=N)N)NC(=O)C(CCCNC(=N)N)NC(=O)C(CCCNC(=N)N)NC(=O)C(Cc2ccc3ccccc3c2)CC(=O)CC(Cc2ccccc2)NCC(=O)C(Cc2ccccc2)NC1=O)C(N)=O. The minimum Gasteiger partial charge on any atom is -0.370 e. The number of rotatable bonds is 39. The molecule has 0 aliphatic carbocycles. The van der Waals surface area contributed by atoms with E-state index in [1.54, 1.807) is 51.9 Å². The van der Waals surface area contributed by atoms with Gasteiger partial charge < -0.3 is 103 Å². The van der Waals surface area contributed by atoms with Crippen LogP contribution >= 0.6 is 21.6 Å². The van der Waals surface area contributed by atoms with Gasteiger partial charge in [0.15, 0.2) is 29.6 Å². The monoisotopic (exact) mass is 1600 g/mol. The lowest BCUT2D eigenvalue weighted by atomic mass is 9.89. The second-order valence-corrected chi connectivity index (χ2v) is 30.2. The first-order valence-electron chi connectivity index (χ1n) is 37.9. The molecule has 0 spiro atoms. The van der Waals surface area contributed by atoms with Crippen molar-refractivity contribution in [2.75, 3.05) is 57.8 Å². The molecule has 5 rings (SSSR count). The summed E-state index contributed by atoms with van der Waals surface area (Å²) in [5, 5.41) is 71.5. The smallest absolute Gasteiger partial charge is 0.243 e. The zero-order chi connectivity index (χ0) is 82.5. The first kappa shape index (κ1) is 92.5. The first-order chi connectivity index (χ1) is 54.2. The van der Waals surface area contributed by atoms with Crippen LogP contribution in [0.5, 0.6) is 0 Å². The zero-order valence-corrected chi connectivity index (χ0v) is 65.5. The summed E-state index contributed by atoms with van der Waals surface area (Å²) in [5.74, 6) is -10.7. The van der Waals surface area contributed by atoms with Crippen LogP contribution in [0.2, 0.25) is 0 Å². The van der Waals surface area contributed by atoms with Gasteiger partial charge in [0.1, 0.15) is 42.0 Å². The van der Waals surface area contributed by atoms with Crippen molar-refractivity contribution in [3.63, 3.8) is 0 Å². The molecule has 0 saturated carbocycles. The Morgan fingerprint density at radius 2 is 0.867 bits per heavy atom. The Balaban J connectivity index is 1.60. The molecule has 0 radical (unpaired) electrons. The van der Waals surface area contributed by atoms with Crippen molar-refractivity contribution in [3.8, 4) is 0 Å². The molecule has 1 aliphatic rings. The van der Waals surface area contributed by atoms with E-state index in [2.05, 4.69) is 74.4 Å². The van der Waals surface area contributed by atoms with Crippen LogP contribution < -0.4 is 103 Å². The predicted molar refractivity (Wildman–Crippen MR) is 436 cm³/mol. The van der Waals surface area contributed by atoms with Gasteiger partial charge in [0.25, 0.3) is 0 Å². The van der Waals surface area contributed by atoms with E-state index in [1.165, 1.54) is 0 Å². The summed E-state index contributed by atoms with van der Waals surface area (Å²) in [4.78, 5) is 172. The number of nitrogens with one attached hydrogen (secondary N) is 18. The number of unbranched alkanes of at least 4 members (excludes halogenated alkanes) is 1. The fourth-order valence-electron chi connectivity index (χ4n) is 12.5. The van der Waals surface area contributed by atoms with Crippen LogP contribution in [0.4, 0.5) is 0 Å². The fraction of sp³-hybridized carbons (Fsp3) is 0.500. The molecule has 9 unspecified atom stereocenters. The molecule has 10 amide bonds. The summed E-state index contributed by atoms with van der Waals surface area (Å²) in [6.45, 7) is -0.233. The predicted octanol–water partition coefficient (Wildman–Crippen LogP) is -0.720. The molecule has 616 valence electrons. The molecule has 1 fully saturated rings. The van der Waals surface area contributed by atoms with Gasteiger partial charge in [-0.25, -0.2) is 0 Å². The number of primary amides is 1. The lowest BCUT2D eigenvalue weighted by molar-refractivity contribution is -0.136. The number of guanidine groups is 4. The average Bonchev–Trinajstić information content (AvgIpc) is 0.835. The van der Waals surface area contributed by atoms with Crippen molar-refractivity contribution >= 4 is 127 Å². The summed E-state index contributed by atoms with van der Waals surface area (Å²) in [6.07, 6.45) is 1.25. The number of benzene rings is 4. The Bertz CT molecular complexity index is 3850. The fourth-order valence-corrected chi connectivity index (χ4v) is 13.7. The molecule has 1 heterocycles. The highest BCUT2D eigenvalue weighted by Gasteiger charge is 2.36. The second kappa shape index (κ2) is 51.5. The van der Waals surface area contributed by atoms with Crippen molar-refractivity contribution in [1.82, 2.24) is 74.4 Å². The Morgan fingerprint density at radius 3 is 1.35 bits per heavy atom. The molecule has 37 heteroatoms. The summed E-state index contributed by atoms with van der Waals surface area (Å²) in [6, 6.07) is 20.1. The number of ketones is 2. The van der Waals surface area contributed by atoms with Crippen LogP contribution in [-0.2, 0) is 76.8 Å². The van der Waals surface area contributed by atoms with Gasteiger partial charge >= 0.3 is 0 Å². The van der Waals surface area contributed by atoms with E-state index in [4.69, 9.17) is 50.3 Å². The van der Waals surface area contributed by atoms with E-state index in [9.17, 15) is 24.0 Å². The van der Waals surface area contributed by atoms with Crippen LogP contribution in [0.25, 0.3) is 10.8 Å². The van der Waals surface area contributed by atoms with Crippen LogP contribution in [0.15, 0.2) is 103 Å². The maximum absolute atomic E-state index is 15.2. The van der Waals surface area contributed by atoms with Gasteiger partial charge in [0.05, 0.1) is 12.6 Å². The number of nitrogens with two attached hydrogens (primary N) is 5. The van der Waals surface area contributed by atoms with E-state index >= 15 is 33.6 Å². The number of fused-ring (bicyclic) bond motifs is 1. The Hall–Kier alpha value is -11.1. The minimum absolute atomic E-state index is 0.00401. The highest BCUT2D eigenvalue weighted by Crippen LogP contribution is 2.23. The van der Waals surface area contributed by atoms with E-state index in [0.717, 1.165) is 16.3 Å². The lowest BCUT2D eigenvalue weighted by Crippen LogP contribution is -2.60. The van der Waals surface area contributed by atoms with Crippen LogP contribution in [0.1, 0.15) is 126 Å². The highest BCUT2D eigenvalue weighted by atomic mass is 33.1. The Kier molecular flexibility index (Phi) is 42.1. The van der Waals surface area contributed by atoms with Crippen molar-refractivity contribution in [3.05, 3.63) is 120 Å². The van der Waals surface area contributed by atoms with E-state index in [0.29, 0.717) is 42.7 Å². The largest absolute Gasteiger partial charge is 0.370 e. The van der Waals surface area contributed by atoms with Gasteiger partial charge in [-0.2, -0.15) is 0 Å². The maximum Gasteiger partial charge on any atom is 0.243 e. The third-order valence-corrected chi connectivity index (χ3v) is 20.2. The number of hydrogen-bond acceptors (Lipinski definition) is 19. The van der Waals surface area contributed by atoms with Gasteiger partial charge in [-0.05, 0) is 130 Å². The van der Waals surface area contributed by atoms with Crippen LogP contribution in [0.3, 0.4) is 0 Å². The van der Waals surface area contributed by atoms with Gasteiger partial charge in [0, 0.05) is 89.1 Å². The lowest BCUT2D eigenvalue weighted by Gasteiger charge is -2.28. The topological polar surface area (TPSA) is 599 Å². The summed E-state index contributed by atoms with van der Waals surface area (Å²) < 4.78 is 0. The van der Waals surface area contributed by atoms with E-state index in [1.807, 2.05) is 79.1 Å². The molecule has 4 aromatic carbocycles. The molecule has 4 aromatic rings. The molecule has 113 heavy (non-hydrogen) atoms. The molecule has 1 saturated heterocycles. The normalized spacial score (nSPS) is 19.4. The third-order valence-electron chi connectivity index (χ3n) is 18.4. The number of carbonyl (C=O) groups excluding carboxylic acids is 12. The number of amides is 10.